The summed E-state index contributed by atoms with van der Waals surface area (Å²) in [6.07, 6.45) is 7.26. The molecule has 1 amide bonds. The maximum absolute atomic E-state index is 12.7. The Morgan fingerprint density at radius 2 is 1.87 bits per heavy atom. The number of benzene rings is 2. The Hall–Kier alpha value is -3.39. The predicted octanol–water partition coefficient (Wildman–Crippen LogP) is 4.74. The summed E-state index contributed by atoms with van der Waals surface area (Å²) in [7, 11) is 0. The molecular weight excluding hydrogens is 458 g/mol. The van der Waals surface area contributed by atoms with Crippen molar-refractivity contribution < 1.29 is 9.53 Å². The van der Waals surface area contributed by atoms with E-state index in [0.717, 1.165) is 27.9 Å². The molecule has 7 nitrogen and oxygen atoms in total. The minimum absolute atomic E-state index is 0.192. The van der Waals surface area contributed by atoms with Crippen LogP contribution in [0, 0.1) is 0 Å². The van der Waals surface area contributed by atoms with Crippen LogP contribution < -0.4 is 10.1 Å². The largest absolute Gasteiger partial charge is 0.489 e. The summed E-state index contributed by atoms with van der Waals surface area (Å²) in [5.74, 6) is 0.573. The molecule has 0 saturated carbocycles. The molecule has 0 spiro atoms. The number of hydrogen-bond acceptors (Lipinski definition) is 4. The summed E-state index contributed by atoms with van der Waals surface area (Å²) in [6.45, 7) is 3.84. The van der Waals surface area contributed by atoms with E-state index in [0.29, 0.717) is 24.4 Å². The van der Waals surface area contributed by atoms with Gasteiger partial charge in [-0.05, 0) is 42.8 Å². The molecule has 0 aliphatic rings. The van der Waals surface area contributed by atoms with Gasteiger partial charge in [-0.15, -0.1) is 0 Å². The molecule has 2 aromatic heterocycles. The molecule has 0 fully saturated rings. The van der Waals surface area contributed by atoms with Gasteiger partial charge in [-0.25, -0.2) is 0 Å². The summed E-state index contributed by atoms with van der Waals surface area (Å²) in [5, 5.41) is 11.5. The normalized spacial score (nSPS) is 10.8. The Balaban J connectivity index is 1.36. The van der Waals surface area contributed by atoms with Crippen molar-refractivity contribution in [2.75, 3.05) is 5.32 Å². The molecule has 2 aromatic carbocycles. The van der Waals surface area contributed by atoms with Gasteiger partial charge in [0.2, 0.25) is 0 Å². The highest BCUT2D eigenvalue weighted by atomic mass is 79.9. The topological polar surface area (TPSA) is 74.0 Å². The second-order valence-corrected chi connectivity index (χ2v) is 7.95. The zero-order valence-electron chi connectivity index (χ0n) is 17.0. The van der Waals surface area contributed by atoms with E-state index < -0.39 is 0 Å². The average Bonchev–Trinajstić information content (AvgIpc) is 3.42. The van der Waals surface area contributed by atoms with Gasteiger partial charge in [0.25, 0.3) is 5.91 Å². The van der Waals surface area contributed by atoms with Crippen molar-refractivity contribution in [2.24, 2.45) is 0 Å². The van der Waals surface area contributed by atoms with Crippen LogP contribution in [-0.2, 0) is 19.7 Å². The summed E-state index contributed by atoms with van der Waals surface area (Å²) in [6, 6.07) is 15.1. The van der Waals surface area contributed by atoms with E-state index in [1.807, 2.05) is 66.5 Å². The quantitative estimate of drug-likeness (QED) is 0.395. The van der Waals surface area contributed by atoms with Crippen LogP contribution in [0.25, 0.3) is 0 Å². The average molecular weight is 480 g/mol. The minimum atomic E-state index is -0.192. The van der Waals surface area contributed by atoms with Crippen molar-refractivity contribution in [1.29, 1.82) is 0 Å². The molecule has 4 rings (SSSR count). The fraction of sp³-hybridized carbons (Fsp3) is 0.174. The number of halogens is 1. The van der Waals surface area contributed by atoms with Gasteiger partial charge in [-0.1, -0.05) is 34.1 Å². The van der Waals surface area contributed by atoms with Gasteiger partial charge < -0.3 is 10.1 Å². The number of ether oxygens (including phenoxy) is 1. The van der Waals surface area contributed by atoms with Gasteiger partial charge in [-0.3, -0.25) is 14.2 Å². The first kappa shape index (κ1) is 20.9. The van der Waals surface area contributed by atoms with Crippen LogP contribution in [0.15, 0.2) is 77.8 Å². The van der Waals surface area contributed by atoms with E-state index in [1.165, 1.54) is 0 Å². The summed E-state index contributed by atoms with van der Waals surface area (Å²) in [4.78, 5) is 12.7. The third-order valence-corrected chi connectivity index (χ3v) is 5.13. The number of anilines is 1. The lowest BCUT2D eigenvalue weighted by Crippen LogP contribution is -2.12. The van der Waals surface area contributed by atoms with Crippen LogP contribution in [0.1, 0.15) is 28.4 Å². The number of rotatable bonds is 8. The van der Waals surface area contributed by atoms with Gasteiger partial charge in [0.05, 0.1) is 24.6 Å². The van der Waals surface area contributed by atoms with E-state index in [-0.39, 0.29) is 5.91 Å². The predicted molar refractivity (Wildman–Crippen MR) is 122 cm³/mol. The molecule has 0 saturated heterocycles. The number of carbonyl (C=O) groups excluding carboxylic acids is 1. The molecule has 0 atom stereocenters. The van der Waals surface area contributed by atoms with Gasteiger partial charge in [-0.2, -0.15) is 10.2 Å². The molecule has 0 unspecified atom stereocenters. The molecule has 0 bridgehead atoms. The van der Waals surface area contributed by atoms with Crippen LogP contribution in [0.5, 0.6) is 5.75 Å². The number of hydrogen-bond donors (Lipinski definition) is 1. The molecular formula is C23H22BrN5O2. The van der Waals surface area contributed by atoms with Crippen LogP contribution >= 0.6 is 15.9 Å². The van der Waals surface area contributed by atoms with Crippen molar-refractivity contribution in [1.82, 2.24) is 19.6 Å². The minimum Gasteiger partial charge on any atom is -0.489 e. The SMILES string of the molecule is CCn1cc(Cn2cc(NC(=O)c3cccc(COc4cccc(Br)c4)c3)cn2)cn1. The fourth-order valence-corrected chi connectivity index (χ4v) is 3.47. The Kier molecular flexibility index (Phi) is 6.47. The van der Waals surface area contributed by atoms with Gasteiger partial charge in [0, 0.05) is 34.5 Å². The molecule has 0 aliphatic heterocycles. The first-order valence-corrected chi connectivity index (χ1v) is 10.7. The molecule has 158 valence electrons. The lowest BCUT2D eigenvalue weighted by molar-refractivity contribution is 0.102. The fourth-order valence-electron chi connectivity index (χ4n) is 3.09. The number of amides is 1. The summed E-state index contributed by atoms with van der Waals surface area (Å²) >= 11 is 3.43. The van der Waals surface area contributed by atoms with E-state index in [9.17, 15) is 4.79 Å². The zero-order valence-corrected chi connectivity index (χ0v) is 18.6. The van der Waals surface area contributed by atoms with Gasteiger partial charge >= 0.3 is 0 Å². The van der Waals surface area contributed by atoms with Crippen LogP contribution in [-0.4, -0.2) is 25.5 Å². The summed E-state index contributed by atoms with van der Waals surface area (Å²) < 4.78 is 10.4. The molecule has 0 radical (unpaired) electrons. The lowest BCUT2D eigenvalue weighted by Gasteiger charge is -2.08. The highest BCUT2D eigenvalue weighted by molar-refractivity contribution is 9.10. The van der Waals surface area contributed by atoms with Crippen LogP contribution in [0.2, 0.25) is 0 Å². The Labute approximate surface area is 188 Å². The molecule has 2 heterocycles. The number of nitrogens with one attached hydrogen (secondary N) is 1. The van der Waals surface area contributed by atoms with E-state index >= 15 is 0 Å². The van der Waals surface area contributed by atoms with Crippen molar-refractivity contribution in [2.45, 2.75) is 26.6 Å². The van der Waals surface area contributed by atoms with E-state index in [2.05, 4.69) is 31.4 Å². The molecule has 4 aromatic rings. The maximum atomic E-state index is 12.7. The summed E-state index contributed by atoms with van der Waals surface area (Å²) in [5.41, 5.74) is 3.17. The van der Waals surface area contributed by atoms with Crippen LogP contribution in [0.3, 0.4) is 0 Å². The second-order valence-electron chi connectivity index (χ2n) is 7.03. The molecule has 31 heavy (non-hydrogen) atoms. The smallest absolute Gasteiger partial charge is 0.255 e. The van der Waals surface area contributed by atoms with Gasteiger partial charge in [0.15, 0.2) is 0 Å². The number of nitrogens with zero attached hydrogens (tertiary/aromatic N) is 4. The Bertz CT molecular complexity index is 1180. The Morgan fingerprint density at radius 3 is 2.68 bits per heavy atom. The third-order valence-electron chi connectivity index (χ3n) is 4.64. The van der Waals surface area contributed by atoms with E-state index in [1.54, 1.807) is 23.1 Å². The first-order chi connectivity index (χ1) is 15.1. The molecule has 1 N–H and O–H groups in total. The lowest BCUT2D eigenvalue weighted by atomic mass is 10.1. The highest BCUT2D eigenvalue weighted by Crippen LogP contribution is 2.19. The van der Waals surface area contributed by atoms with E-state index in [4.69, 9.17) is 4.74 Å². The molecule has 8 heteroatoms. The Morgan fingerprint density at radius 1 is 1.03 bits per heavy atom. The van der Waals surface area contributed by atoms with Crippen molar-refractivity contribution in [3.05, 3.63) is 94.5 Å². The van der Waals surface area contributed by atoms with Gasteiger partial charge in [0.1, 0.15) is 12.4 Å². The van der Waals surface area contributed by atoms with Crippen LogP contribution in [0.4, 0.5) is 5.69 Å². The zero-order chi connectivity index (χ0) is 21.6. The maximum Gasteiger partial charge on any atom is 0.255 e. The highest BCUT2D eigenvalue weighted by Gasteiger charge is 2.09. The number of carbonyl (C=O) groups is 1. The number of aromatic nitrogens is 4. The molecule has 0 aliphatic carbocycles. The van der Waals surface area contributed by atoms with Crippen molar-refractivity contribution >= 4 is 27.5 Å². The standard InChI is InChI=1S/C23H22BrN5O2/c1-2-28-13-18(11-25-28)14-29-15-21(12-26-29)27-23(30)19-6-3-5-17(9-19)16-31-22-8-4-7-20(24)10-22/h3-13,15H,2,14,16H2,1H3,(H,27,30). The van der Waals surface area contributed by atoms with Crippen molar-refractivity contribution in [3.63, 3.8) is 0 Å². The third kappa shape index (κ3) is 5.61. The second kappa shape index (κ2) is 9.61. The van der Waals surface area contributed by atoms with Crippen molar-refractivity contribution in [3.8, 4) is 5.75 Å². The number of aryl methyl sites for hydroxylation is 1. The first-order valence-electron chi connectivity index (χ1n) is 9.91. The monoisotopic (exact) mass is 479 g/mol.